The van der Waals surface area contributed by atoms with Crippen molar-refractivity contribution in [1.82, 2.24) is 10.6 Å². The average molecular weight is 685 g/mol. The normalized spacial score (nSPS) is 13.4. The SMILES string of the molecule is N=C(N)NCCC[C@H](N)C(=O)O.N=C(N)NCCC[C@H](N)C(=O)OC(=O)[C@@H](N)CCCCN.N[C@@H](COC(=O)[C@@H](N)CS)C(=O)O. The van der Waals surface area contributed by atoms with Crippen molar-refractivity contribution in [3.63, 3.8) is 0 Å². The van der Waals surface area contributed by atoms with Crippen LogP contribution in [0.1, 0.15) is 44.9 Å². The number of nitrogens with one attached hydrogen (secondary N) is 4. The van der Waals surface area contributed by atoms with E-state index >= 15 is 0 Å². The highest BCUT2D eigenvalue weighted by Gasteiger charge is 2.22. The summed E-state index contributed by atoms with van der Waals surface area (Å²) in [7, 11) is 0. The Morgan fingerprint density at radius 3 is 1.43 bits per heavy atom. The zero-order chi connectivity index (χ0) is 36.2. The van der Waals surface area contributed by atoms with Gasteiger partial charge in [0.25, 0.3) is 0 Å². The van der Waals surface area contributed by atoms with E-state index in [1.807, 2.05) is 0 Å². The molecule has 0 aromatic heterocycles. The molecule has 0 unspecified atom stereocenters. The Balaban J connectivity index is -0.000000639. The lowest BCUT2D eigenvalue weighted by Gasteiger charge is -2.13. The van der Waals surface area contributed by atoms with E-state index in [2.05, 4.69) is 32.7 Å². The Labute approximate surface area is 272 Å². The van der Waals surface area contributed by atoms with Gasteiger partial charge in [-0.05, 0) is 45.1 Å². The lowest BCUT2D eigenvalue weighted by molar-refractivity contribution is -0.162. The minimum atomic E-state index is -1.23. The Kier molecular flexibility index (Phi) is 29.0. The Hall–Kier alpha value is -3.80. The lowest BCUT2D eigenvalue weighted by atomic mass is 10.1. The number of carboxylic acid groups (broad SMARTS) is 2. The number of carbonyl (C=O) groups is 5. The zero-order valence-electron chi connectivity index (χ0n) is 25.7. The largest absolute Gasteiger partial charge is 0.480 e. The number of ether oxygens (including phenoxy) is 2. The van der Waals surface area contributed by atoms with Gasteiger partial charge in [-0.25, -0.2) is 9.59 Å². The predicted molar refractivity (Wildman–Crippen MR) is 172 cm³/mol. The molecule has 0 radical (unpaired) electrons. The second-order valence-electron chi connectivity index (χ2n) is 9.51. The van der Waals surface area contributed by atoms with Gasteiger partial charge in [0.1, 0.15) is 36.8 Å². The second kappa shape index (κ2) is 28.7. The van der Waals surface area contributed by atoms with Crippen LogP contribution in [0.4, 0.5) is 0 Å². The number of carbonyl (C=O) groups excluding carboxylic acids is 3. The van der Waals surface area contributed by atoms with Crippen molar-refractivity contribution < 1.29 is 43.7 Å². The molecular weight excluding hydrogens is 632 g/mol. The van der Waals surface area contributed by atoms with E-state index in [-0.39, 0.29) is 24.3 Å². The maximum atomic E-state index is 11.6. The number of rotatable bonds is 20. The first kappa shape index (κ1) is 46.6. The Bertz CT molecular complexity index is 948. The minimum Gasteiger partial charge on any atom is -0.480 e. The number of carboxylic acids is 2. The van der Waals surface area contributed by atoms with Crippen molar-refractivity contribution >= 4 is 54.4 Å². The second-order valence-corrected chi connectivity index (χ2v) is 9.88. The molecule has 0 amide bonds. The summed E-state index contributed by atoms with van der Waals surface area (Å²) in [6, 6.07) is -4.62. The molecule has 0 heterocycles. The Morgan fingerprint density at radius 1 is 0.652 bits per heavy atom. The van der Waals surface area contributed by atoms with E-state index in [0.717, 1.165) is 6.42 Å². The highest BCUT2D eigenvalue weighted by Crippen LogP contribution is 2.03. The topological polar surface area (TPSA) is 424 Å². The molecule has 46 heavy (non-hydrogen) atoms. The fourth-order valence-electron chi connectivity index (χ4n) is 2.63. The van der Waals surface area contributed by atoms with Gasteiger partial charge in [-0.2, -0.15) is 12.6 Å². The van der Waals surface area contributed by atoms with Gasteiger partial charge in [-0.1, -0.05) is 6.42 Å². The molecule has 0 fully saturated rings. The van der Waals surface area contributed by atoms with E-state index in [1.54, 1.807) is 0 Å². The molecule has 0 aromatic carbocycles. The zero-order valence-corrected chi connectivity index (χ0v) is 26.6. The highest BCUT2D eigenvalue weighted by atomic mass is 32.1. The number of hydrogen-bond donors (Lipinski definition) is 15. The van der Waals surface area contributed by atoms with Crippen LogP contribution >= 0.6 is 12.6 Å². The van der Waals surface area contributed by atoms with Crippen molar-refractivity contribution in [2.75, 3.05) is 32.0 Å². The Morgan fingerprint density at radius 2 is 1.07 bits per heavy atom. The van der Waals surface area contributed by atoms with E-state index in [9.17, 15) is 24.0 Å². The number of thiol groups is 1. The van der Waals surface area contributed by atoms with Crippen LogP contribution in [0, 0.1) is 10.8 Å². The molecule has 0 aliphatic rings. The van der Waals surface area contributed by atoms with Gasteiger partial charge >= 0.3 is 29.8 Å². The standard InChI is InChI=1S/C12H26N6O3.C6H14N4O2.C6H12N2O4S/c13-6-2-1-4-8(14)10(19)21-11(20)9(15)5-3-7-18-12(16)17;7-4(5(11)12)2-1-3-10-6(8)9;7-3(5(9)10)1-12-6(11)4(8)2-13/h8-9H,1-7,13-15H2,(H4,16,17,18);4H,1-3,7H2,(H,11,12)(H4,8,9,10);3-4,13H,1-2,7-8H2,(H,9,10)/t8-,9-;4-;3-,4-/m000/s1. The fourth-order valence-corrected chi connectivity index (χ4v) is 2.78. The maximum Gasteiger partial charge on any atom is 0.330 e. The summed E-state index contributed by atoms with van der Waals surface area (Å²) in [5.41, 5.74) is 42.2. The summed E-state index contributed by atoms with van der Waals surface area (Å²) < 4.78 is 9.14. The number of hydrogen-bond acceptors (Lipinski definition) is 16. The summed E-state index contributed by atoms with van der Waals surface area (Å²) in [5.74, 6) is -4.62. The van der Waals surface area contributed by atoms with Crippen LogP contribution in [0.15, 0.2) is 0 Å². The fraction of sp³-hybridized carbons (Fsp3) is 0.708. The van der Waals surface area contributed by atoms with Crippen molar-refractivity contribution in [3.05, 3.63) is 0 Å². The molecule has 5 atom stereocenters. The van der Waals surface area contributed by atoms with Gasteiger partial charge in [-0.15, -0.1) is 0 Å². The molecule has 268 valence electrons. The molecule has 21 nitrogen and oxygen atoms in total. The summed E-state index contributed by atoms with van der Waals surface area (Å²) in [4.78, 5) is 54.4. The minimum absolute atomic E-state index is 0.112. The van der Waals surface area contributed by atoms with Crippen LogP contribution in [0.5, 0.6) is 0 Å². The van der Waals surface area contributed by atoms with Gasteiger partial charge in [-0.3, -0.25) is 25.2 Å². The van der Waals surface area contributed by atoms with Gasteiger partial charge < -0.3 is 76.2 Å². The average Bonchev–Trinajstić information content (AvgIpc) is 2.99. The first-order chi connectivity index (χ1) is 21.4. The summed E-state index contributed by atoms with van der Waals surface area (Å²) in [6.07, 6.45) is 3.69. The van der Waals surface area contributed by atoms with Gasteiger partial charge in [0, 0.05) is 18.8 Å². The number of unbranched alkanes of at least 4 members (excludes halogenated alkanes) is 1. The molecule has 0 aliphatic heterocycles. The highest BCUT2D eigenvalue weighted by molar-refractivity contribution is 7.80. The smallest absolute Gasteiger partial charge is 0.330 e. The molecule has 0 spiro atoms. The summed E-state index contributed by atoms with van der Waals surface area (Å²) in [6.45, 7) is 1.05. The van der Waals surface area contributed by atoms with Crippen LogP contribution in [0.25, 0.3) is 0 Å². The van der Waals surface area contributed by atoms with E-state index < -0.39 is 60.1 Å². The monoisotopic (exact) mass is 684 g/mol. The summed E-state index contributed by atoms with van der Waals surface area (Å²) >= 11 is 3.77. The molecule has 0 rings (SSSR count). The van der Waals surface area contributed by atoms with Crippen molar-refractivity contribution in [1.29, 1.82) is 10.8 Å². The maximum absolute atomic E-state index is 11.6. The quantitative estimate of drug-likeness (QED) is 0.0142. The molecule has 0 saturated heterocycles. The van der Waals surface area contributed by atoms with Crippen LogP contribution in [-0.4, -0.2) is 114 Å². The first-order valence-electron chi connectivity index (χ1n) is 14.0. The van der Waals surface area contributed by atoms with Gasteiger partial charge in [0.15, 0.2) is 11.9 Å². The number of esters is 3. The molecule has 0 aliphatic carbocycles. The van der Waals surface area contributed by atoms with Crippen molar-refractivity contribution in [2.45, 2.75) is 75.2 Å². The van der Waals surface area contributed by atoms with Gasteiger partial charge in [0.2, 0.25) is 0 Å². The van der Waals surface area contributed by atoms with Crippen LogP contribution in [-0.2, 0) is 33.4 Å². The predicted octanol–water partition coefficient (Wildman–Crippen LogP) is -5.04. The number of nitrogens with two attached hydrogens (primary N) is 8. The van der Waals surface area contributed by atoms with E-state index in [1.165, 1.54) is 0 Å². The summed E-state index contributed by atoms with van der Waals surface area (Å²) in [5, 5.41) is 35.6. The molecule has 22 heteroatoms. The third kappa shape index (κ3) is 28.9. The third-order valence-corrected chi connectivity index (χ3v) is 5.72. The first-order valence-corrected chi connectivity index (χ1v) is 14.7. The lowest BCUT2D eigenvalue weighted by Crippen LogP contribution is -2.40. The molecule has 0 saturated carbocycles. The van der Waals surface area contributed by atoms with E-state index in [0.29, 0.717) is 58.2 Å². The van der Waals surface area contributed by atoms with Crippen LogP contribution in [0.3, 0.4) is 0 Å². The molecule has 22 N–H and O–H groups in total. The number of guanidine groups is 2. The molecule has 0 aromatic rings. The molecule has 0 bridgehead atoms. The molecular formula is C24H52N12O9S. The van der Waals surface area contributed by atoms with Gasteiger partial charge in [0.05, 0.1) is 0 Å². The van der Waals surface area contributed by atoms with Crippen LogP contribution < -0.4 is 56.5 Å². The van der Waals surface area contributed by atoms with E-state index in [4.69, 9.17) is 66.9 Å². The van der Waals surface area contributed by atoms with Crippen molar-refractivity contribution in [2.24, 2.45) is 45.9 Å². The third-order valence-electron chi connectivity index (χ3n) is 5.33. The number of aliphatic carboxylic acids is 2. The van der Waals surface area contributed by atoms with Crippen LogP contribution in [0.2, 0.25) is 0 Å². The van der Waals surface area contributed by atoms with Crippen molar-refractivity contribution in [3.8, 4) is 0 Å².